The summed E-state index contributed by atoms with van der Waals surface area (Å²) in [5, 5.41) is 3.96. The van der Waals surface area contributed by atoms with Gasteiger partial charge in [-0.05, 0) is 36.7 Å². The molecule has 0 fully saturated rings. The standard InChI is InChI=1S/C16H18ClN3/c1-18-10-15-8-12-4-2-3-5-13(12)11-20(15)16-7-6-14(17)9-19-16/h2-7,9,15,18H,8,10-11H2,1H3. The van der Waals surface area contributed by atoms with Crippen LogP contribution in [0.25, 0.3) is 0 Å². The van der Waals surface area contributed by atoms with Crippen LogP contribution in [0.15, 0.2) is 42.6 Å². The zero-order chi connectivity index (χ0) is 13.9. The molecule has 0 radical (unpaired) electrons. The molecule has 0 saturated heterocycles. The summed E-state index contributed by atoms with van der Waals surface area (Å²) >= 11 is 5.94. The molecule has 1 aromatic heterocycles. The van der Waals surface area contributed by atoms with E-state index in [1.165, 1.54) is 11.1 Å². The number of nitrogens with one attached hydrogen (secondary N) is 1. The van der Waals surface area contributed by atoms with Gasteiger partial charge in [-0.2, -0.15) is 0 Å². The van der Waals surface area contributed by atoms with Gasteiger partial charge in [0.05, 0.1) is 5.02 Å². The predicted octanol–water partition coefficient (Wildman–Crippen LogP) is 2.89. The Hall–Kier alpha value is -1.58. The van der Waals surface area contributed by atoms with E-state index in [9.17, 15) is 0 Å². The van der Waals surface area contributed by atoms with Crippen LogP contribution in [0.5, 0.6) is 0 Å². The molecule has 1 aliphatic heterocycles. The highest BCUT2D eigenvalue weighted by Crippen LogP contribution is 2.27. The molecule has 2 heterocycles. The van der Waals surface area contributed by atoms with E-state index >= 15 is 0 Å². The largest absolute Gasteiger partial charge is 0.348 e. The maximum absolute atomic E-state index is 5.94. The molecule has 3 rings (SSSR count). The second-order valence-corrected chi connectivity index (χ2v) is 5.58. The first kappa shape index (κ1) is 13.4. The lowest BCUT2D eigenvalue weighted by atomic mass is 9.94. The fourth-order valence-electron chi connectivity index (χ4n) is 2.81. The first-order valence-electron chi connectivity index (χ1n) is 6.87. The van der Waals surface area contributed by atoms with E-state index in [-0.39, 0.29) is 0 Å². The third kappa shape index (κ3) is 2.65. The first-order valence-corrected chi connectivity index (χ1v) is 7.25. The highest BCUT2D eigenvalue weighted by molar-refractivity contribution is 6.30. The number of halogens is 1. The molecule has 104 valence electrons. The number of nitrogens with zero attached hydrogens (tertiary/aromatic N) is 2. The number of anilines is 1. The van der Waals surface area contributed by atoms with Gasteiger partial charge in [-0.15, -0.1) is 0 Å². The summed E-state index contributed by atoms with van der Waals surface area (Å²) in [5.74, 6) is 0.990. The van der Waals surface area contributed by atoms with Crippen LogP contribution in [0.1, 0.15) is 11.1 Å². The van der Waals surface area contributed by atoms with Crippen LogP contribution in [0.2, 0.25) is 5.02 Å². The minimum atomic E-state index is 0.420. The van der Waals surface area contributed by atoms with E-state index in [1.807, 2.05) is 19.2 Å². The van der Waals surface area contributed by atoms with Gasteiger partial charge < -0.3 is 10.2 Å². The van der Waals surface area contributed by atoms with Gasteiger partial charge in [0.2, 0.25) is 0 Å². The molecule has 0 saturated carbocycles. The number of likely N-dealkylation sites (N-methyl/N-ethyl adjacent to an activating group) is 1. The molecule has 1 aliphatic rings. The quantitative estimate of drug-likeness (QED) is 0.941. The first-order chi connectivity index (χ1) is 9.78. The Morgan fingerprint density at radius 1 is 1.25 bits per heavy atom. The topological polar surface area (TPSA) is 28.2 Å². The molecular weight excluding hydrogens is 270 g/mol. The van der Waals surface area contributed by atoms with Crippen LogP contribution in [0, 0.1) is 0 Å². The van der Waals surface area contributed by atoms with E-state index in [2.05, 4.69) is 39.5 Å². The van der Waals surface area contributed by atoms with Crippen LogP contribution >= 0.6 is 11.6 Å². The number of rotatable bonds is 3. The molecule has 1 aromatic carbocycles. The fourth-order valence-corrected chi connectivity index (χ4v) is 2.92. The number of pyridine rings is 1. The van der Waals surface area contributed by atoms with Gasteiger partial charge in [-0.1, -0.05) is 35.9 Å². The van der Waals surface area contributed by atoms with Crippen molar-refractivity contribution in [1.82, 2.24) is 10.3 Å². The van der Waals surface area contributed by atoms with Gasteiger partial charge in [0.15, 0.2) is 0 Å². The summed E-state index contributed by atoms with van der Waals surface area (Å²) in [6.07, 6.45) is 2.76. The van der Waals surface area contributed by atoms with Crippen LogP contribution in [0.4, 0.5) is 5.82 Å². The Morgan fingerprint density at radius 3 is 2.75 bits per heavy atom. The number of benzene rings is 1. The maximum atomic E-state index is 5.94. The van der Waals surface area contributed by atoms with Crippen LogP contribution in [0.3, 0.4) is 0 Å². The summed E-state index contributed by atoms with van der Waals surface area (Å²) in [4.78, 5) is 6.83. The second-order valence-electron chi connectivity index (χ2n) is 5.15. The van der Waals surface area contributed by atoms with Gasteiger partial charge >= 0.3 is 0 Å². The summed E-state index contributed by atoms with van der Waals surface area (Å²) < 4.78 is 0. The third-order valence-corrected chi connectivity index (χ3v) is 4.02. The average Bonchev–Trinajstić information content (AvgIpc) is 2.48. The van der Waals surface area contributed by atoms with Crippen LogP contribution in [-0.2, 0) is 13.0 Å². The monoisotopic (exact) mass is 287 g/mol. The molecule has 0 bridgehead atoms. The lowest BCUT2D eigenvalue weighted by Crippen LogP contribution is -2.46. The minimum absolute atomic E-state index is 0.420. The van der Waals surface area contributed by atoms with Crippen molar-refractivity contribution < 1.29 is 0 Å². The SMILES string of the molecule is CNCC1Cc2ccccc2CN1c1ccc(Cl)cn1. The summed E-state index contributed by atoms with van der Waals surface area (Å²) in [5.41, 5.74) is 2.83. The van der Waals surface area contributed by atoms with E-state index in [0.29, 0.717) is 11.1 Å². The van der Waals surface area contributed by atoms with E-state index in [4.69, 9.17) is 11.6 Å². The van der Waals surface area contributed by atoms with Crippen molar-refractivity contribution in [3.63, 3.8) is 0 Å². The van der Waals surface area contributed by atoms with Crippen molar-refractivity contribution in [2.75, 3.05) is 18.5 Å². The highest BCUT2D eigenvalue weighted by atomic mass is 35.5. The summed E-state index contributed by atoms with van der Waals surface area (Å²) in [6.45, 7) is 1.84. The highest BCUT2D eigenvalue weighted by Gasteiger charge is 2.26. The van der Waals surface area contributed by atoms with Crippen molar-refractivity contribution in [2.45, 2.75) is 19.0 Å². The van der Waals surface area contributed by atoms with Crippen molar-refractivity contribution in [1.29, 1.82) is 0 Å². The second kappa shape index (κ2) is 5.81. The van der Waals surface area contributed by atoms with Crippen molar-refractivity contribution in [3.8, 4) is 0 Å². The Morgan fingerprint density at radius 2 is 2.05 bits per heavy atom. The fraction of sp³-hybridized carbons (Fsp3) is 0.312. The van der Waals surface area contributed by atoms with Gasteiger partial charge in [0.1, 0.15) is 5.82 Å². The van der Waals surface area contributed by atoms with Crippen molar-refractivity contribution in [2.24, 2.45) is 0 Å². The smallest absolute Gasteiger partial charge is 0.129 e. The summed E-state index contributed by atoms with van der Waals surface area (Å²) in [6, 6.07) is 13.0. The minimum Gasteiger partial charge on any atom is -0.348 e. The molecular formula is C16H18ClN3. The maximum Gasteiger partial charge on any atom is 0.129 e. The zero-order valence-electron chi connectivity index (χ0n) is 11.5. The molecule has 2 aromatic rings. The predicted molar refractivity (Wildman–Crippen MR) is 83.3 cm³/mol. The molecule has 0 spiro atoms. The number of fused-ring (bicyclic) bond motifs is 1. The average molecular weight is 288 g/mol. The van der Waals surface area contributed by atoms with Gasteiger partial charge in [0, 0.05) is 25.3 Å². The number of aromatic nitrogens is 1. The molecule has 3 nitrogen and oxygen atoms in total. The molecule has 1 N–H and O–H groups in total. The van der Waals surface area contributed by atoms with E-state index in [0.717, 1.165) is 25.3 Å². The number of hydrogen-bond acceptors (Lipinski definition) is 3. The van der Waals surface area contributed by atoms with Gasteiger partial charge in [-0.3, -0.25) is 0 Å². The Bertz CT molecular complexity index is 583. The molecule has 20 heavy (non-hydrogen) atoms. The Labute approximate surface area is 124 Å². The molecule has 1 atom stereocenters. The Kier molecular flexibility index (Phi) is 3.90. The van der Waals surface area contributed by atoms with E-state index in [1.54, 1.807) is 6.20 Å². The molecule has 0 amide bonds. The van der Waals surface area contributed by atoms with Crippen LogP contribution < -0.4 is 10.2 Å². The Balaban J connectivity index is 1.93. The lowest BCUT2D eigenvalue weighted by Gasteiger charge is -2.37. The van der Waals surface area contributed by atoms with Crippen molar-refractivity contribution >= 4 is 17.4 Å². The zero-order valence-corrected chi connectivity index (χ0v) is 12.3. The lowest BCUT2D eigenvalue weighted by molar-refractivity contribution is 0.523. The van der Waals surface area contributed by atoms with Crippen molar-refractivity contribution in [3.05, 3.63) is 58.7 Å². The molecule has 4 heteroatoms. The van der Waals surface area contributed by atoms with Crippen LogP contribution in [-0.4, -0.2) is 24.6 Å². The van der Waals surface area contributed by atoms with Gasteiger partial charge in [0.25, 0.3) is 0 Å². The molecule has 1 unspecified atom stereocenters. The van der Waals surface area contributed by atoms with Gasteiger partial charge in [-0.25, -0.2) is 4.98 Å². The van der Waals surface area contributed by atoms with E-state index < -0.39 is 0 Å². The number of hydrogen-bond donors (Lipinski definition) is 1. The third-order valence-electron chi connectivity index (χ3n) is 3.80. The summed E-state index contributed by atoms with van der Waals surface area (Å²) in [7, 11) is 1.99. The molecule has 0 aliphatic carbocycles. The normalized spacial score (nSPS) is 17.9.